The fourth-order valence-corrected chi connectivity index (χ4v) is 1.62. The molecule has 0 unspecified atom stereocenters. The van der Waals surface area contributed by atoms with Gasteiger partial charge < -0.3 is 4.42 Å². The first-order chi connectivity index (χ1) is 6.59. The summed E-state index contributed by atoms with van der Waals surface area (Å²) >= 11 is 3.03. The second-order valence-corrected chi connectivity index (χ2v) is 3.57. The summed E-state index contributed by atoms with van der Waals surface area (Å²) in [5.41, 5.74) is -0.216. The number of rotatable bonds is 0. The first-order valence-corrected chi connectivity index (χ1v) is 4.64. The van der Waals surface area contributed by atoms with Gasteiger partial charge in [-0.2, -0.15) is 0 Å². The number of aromatic nitrogens is 1. The Labute approximate surface area is 86.7 Å². The zero-order chi connectivity index (χ0) is 10.3. The standard InChI is InChI=1S/C9H5BrFNO2/c1-4-12-8-5(9(13)14-4)2-3-6(11)7(8)10/h2-3H,1H3. The highest BCUT2D eigenvalue weighted by Crippen LogP contribution is 2.23. The molecule has 72 valence electrons. The molecule has 0 N–H and O–H groups in total. The smallest absolute Gasteiger partial charge is 0.346 e. The van der Waals surface area contributed by atoms with Gasteiger partial charge in [-0.3, -0.25) is 0 Å². The minimum atomic E-state index is -0.506. The van der Waals surface area contributed by atoms with E-state index < -0.39 is 11.4 Å². The van der Waals surface area contributed by atoms with Crippen molar-refractivity contribution in [1.82, 2.24) is 4.98 Å². The van der Waals surface area contributed by atoms with Crippen molar-refractivity contribution in [1.29, 1.82) is 0 Å². The second kappa shape index (κ2) is 3.16. The van der Waals surface area contributed by atoms with Gasteiger partial charge in [0, 0.05) is 6.92 Å². The summed E-state index contributed by atoms with van der Waals surface area (Å²) < 4.78 is 18.1. The van der Waals surface area contributed by atoms with Crippen LogP contribution in [0, 0.1) is 12.7 Å². The lowest BCUT2D eigenvalue weighted by atomic mass is 10.2. The lowest BCUT2D eigenvalue weighted by Gasteiger charge is -2.00. The van der Waals surface area contributed by atoms with Crippen molar-refractivity contribution in [2.45, 2.75) is 6.92 Å². The van der Waals surface area contributed by atoms with E-state index in [-0.39, 0.29) is 15.7 Å². The zero-order valence-corrected chi connectivity index (χ0v) is 8.76. The molecule has 2 rings (SSSR count). The molecule has 0 amide bonds. The summed E-state index contributed by atoms with van der Waals surface area (Å²) in [5.74, 6) is -0.233. The molecule has 0 saturated heterocycles. The molecule has 1 aromatic heterocycles. The lowest BCUT2D eigenvalue weighted by Crippen LogP contribution is -2.03. The van der Waals surface area contributed by atoms with E-state index >= 15 is 0 Å². The Bertz CT molecular complexity index is 564. The average Bonchev–Trinajstić information content (AvgIpc) is 2.12. The Kier molecular flexibility index (Phi) is 2.11. The summed E-state index contributed by atoms with van der Waals surface area (Å²) in [6, 6.07) is 2.55. The third kappa shape index (κ3) is 1.33. The van der Waals surface area contributed by atoms with Crippen LogP contribution < -0.4 is 5.63 Å². The Morgan fingerprint density at radius 1 is 1.50 bits per heavy atom. The fourth-order valence-electron chi connectivity index (χ4n) is 1.18. The molecule has 0 atom stereocenters. The van der Waals surface area contributed by atoms with Crippen LogP contribution in [0.2, 0.25) is 0 Å². The second-order valence-electron chi connectivity index (χ2n) is 2.78. The molecule has 0 fully saturated rings. The Hall–Kier alpha value is -1.23. The summed E-state index contributed by atoms with van der Waals surface area (Å²) in [6.07, 6.45) is 0. The van der Waals surface area contributed by atoms with E-state index in [0.717, 1.165) is 0 Å². The molecule has 14 heavy (non-hydrogen) atoms. The maximum atomic E-state index is 13.1. The quantitative estimate of drug-likeness (QED) is 0.728. The summed E-state index contributed by atoms with van der Waals surface area (Å²) in [7, 11) is 0. The van der Waals surface area contributed by atoms with E-state index in [4.69, 9.17) is 4.42 Å². The van der Waals surface area contributed by atoms with Gasteiger partial charge in [-0.25, -0.2) is 14.2 Å². The molecule has 0 spiro atoms. The number of benzene rings is 1. The first-order valence-electron chi connectivity index (χ1n) is 3.85. The van der Waals surface area contributed by atoms with Crippen LogP contribution >= 0.6 is 15.9 Å². The van der Waals surface area contributed by atoms with Gasteiger partial charge >= 0.3 is 5.63 Å². The number of aryl methyl sites for hydroxylation is 1. The summed E-state index contributed by atoms with van der Waals surface area (Å²) in [6.45, 7) is 1.54. The fraction of sp³-hybridized carbons (Fsp3) is 0.111. The van der Waals surface area contributed by atoms with Crippen LogP contribution in [0.1, 0.15) is 5.89 Å². The van der Waals surface area contributed by atoms with Crippen molar-refractivity contribution in [2.75, 3.05) is 0 Å². The SMILES string of the molecule is Cc1nc2c(Br)c(F)ccc2c(=O)o1. The number of hydrogen-bond acceptors (Lipinski definition) is 3. The largest absolute Gasteiger partial charge is 0.408 e. The van der Waals surface area contributed by atoms with E-state index in [1.165, 1.54) is 19.1 Å². The lowest BCUT2D eigenvalue weighted by molar-refractivity contribution is 0.466. The predicted molar refractivity (Wildman–Crippen MR) is 52.7 cm³/mol. The minimum absolute atomic E-state index is 0.186. The van der Waals surface area contributed by atoms with Gasteiger partial charge in [-0.05, 0) is 28.1 Å². The van der Waals surface area contributed by atoms with Crippen LogP contribution in [0.5, 0.6) is 0 Å². The topological polar surface area (TPSA) is 43.1 Å². The highest BCUT2D eigenvalue weighted by atomic mass is 79.9. The van der Waals surface area contributed by atoms with Gasteiger partial charge in [-0.1, -0.05) is 0 Å². The highest BCUT2D eigenvalue weighted by molar-refractivity contribution is 9.10. The van der Waals surface area contributed by atoms with Gasteiger partial charge in [-0.15, -0.1) is 0 Å². The zero-order valence-electron chi connectivity index (χ0n) is 7.17. The molecule has 3 nitrogen and oxygen atoms in total. The van der Waals surface area contributed by atoms with Crippen molar-refractivity contribution in [2.24, 2.45) is 0 Å². The van der Waals surface area contributed by atoms with Crippen molar-refractivity contribution < 1.29 is 8.81 Å². The van der Waals surface area contributed by atoms with Crippen LogP contribution in [0.4, 0.5) is 4.39 Å². The van der Waals surface area contributed by atoms with E-state index in [1.54, 1.807) is 0 Å². The number of nitrogens with zero attached hydrogens (tertiary/aromatic N) is 1. The maximum absolute atomic E-state index is 13.1. The predicted octanol–water partition coefficient (Wildman–Crippen LogP) is 2.40. The van der Waals surface area contributed by atoms with E-state index in [1.807, 2.05) is 0 Å². The maximum Gasteiger partial charge on any atom is 0.346 e. The summed E-state index contributed by atoms with van der Waals surface area (Å²) in [4.78, 5) is 15.3. The van der Waals surface area contributed by atoms with E-state index in [0.29, 0.717) is 5.52 Å². The molecule has 0 aliphatic heterocycles. The van der Waals surface area contributed by atoms with Crippen LogP contribution in [0.25, 0.3) is 10.9 Å². The molecule has 5 heteroatoms. The molecule has 1 aromatic carbocycles. The monoisotopic (exact) mass is 257 g/mol. The van der Waals surface area contributed by atoms with Crippen LogP contribution in [-0.4, -0.2) is 4.98 Å². The third-order valence-corrected chi connectivity index (χ3v) is 2.55. The Morgan fingerprint density at radius 2 is 2.21 bits per heavy atom. The Balaban J connectivity index is 3.03. The van der Waals surface area contributed by atoms with E-state index in [9.17, 15) is 9.18 Å². The third-order valence-electron chi connectivity index (χ3n) is 1.80. The van der Waals surface area contributed by atoms with Crippen molar-refractivity contribution >= 4 is 26.8 Å². The number of hydrogen-bond donors (Lipinski definition) is 0. The normalized spacial score (nSPS) is 10.8. The van der Waals surface area contributed by atoms with Crippen LogP contribution in [0.3, 0.4) is 0 Å². The van der Waals surface area contributed by atoms with Gasteiger partial charge in [0.2, 0.25) is 0 Å². The van der Waals surface area contributed by atoms with Gasteiger partial charge in [0.1, 0.15) is 5.82 Å². The number of fused-ring (bicyclic) bond motifs is 1. The summed E-state index contributed by atoms with van der Waals surface area (Å²) in [5, 5.41) is 0.267. The van der Waals surface area contributed by atoms with Gasteiger partial charge in [0.05, 0.1) is 15.4 Å². The van der Waals surface area contributed by atoms with Crippen molar-refractivity contribution in [3.8, 4) is 0 Å². The van der Waals surface area contributed by atoms with Gasteiger partial charge in [0.25, 0.3) is 0 Å². The first kappa shape index (κ1) is 9.33. The minimum Gasteiger partial charge on any atom is -0.408 e. The van der Waals surface area contributed by atoms with Crippen molar-refractivity contribution in [3.05, 3.63) is 38.7 Å². The van der Waals surface area contributed by atoms with Crippen LogP contribution in [-0.2, 0) is 0 Å². The Morgan fingerprint density at radius 3 is 2.93 bits per heavy atom. The van der Waals surface area contributed by atoms with E-state index in [2.05, 4.69) is 20.9 Å². The molecule has 1 heterocycles. The number of halogens is 2. The van der Waals surface area contributed by atoms with Gasteiger partial charge in [0.15, 0.2) is 5.89 Å². The molecule has 2 aromatic rings. The van der Waals surface area contributed by atoms with Crippen molar-refractivity contribution in [3.63, 3.8) is 0 Å². The molecular weight excluding hydrogens is 253 g/mol. The average molecular weight is 258 g/mol. The van der Waals surface area contributed by atoms with Crippen LogP contribution in [0.15, 0.2) is 25.8 Å². The molecule has 0 radical (unpaired) electrons. The molecular formula is C9H5BrFNO2. The molecule has 0 aliphatic rings. The molecule has 0 bridgehead atoms. The highest BCUT2D eigenvalue weighted by Gasteiger charge is 2.10. The molecule has 0 saturated carbocycles. The molecule has 0 aliphatic carbocycles.